The Morgan fingerprint density at radius 2 is 2.00 bits per heavy atom. The highest BCUT2D eigenvalue weighted by Crippen LogP contribution is 2.52. The summed E-state index contributed by atoms with van der Waals surface area (Å²) in [5, 5.41) is 11.4. The van der Waals surface area contributed by atoms with Crippen molar-refractivity contribution in [2.75, 3.05) is 33.9 Å². The van der Waals surface area contributed by atoms with Crippen molar-refractivity contribution in [3.8, 4) is 0 Å². The first-order valence-electron chi connectivity index (χ1n) is 9.68. The van der Waals surface area contributed by atoms with Crippen molar-refractivity contribution in [1.82, 2.24) is 9.80 Å². The minimum Gasteiger partial charge on any atom is -0.390 e. The molecule has 5 heteroatoms. The number of hydrogen-bond acceptors (Lipinski definition) is 4. The normalized spacial score (nSPS) is 24.5. The number of aliphatic hydroxyl groups is 1. The molecule has 0 aromatic heterocycles. The summed E-state index contributed by atoms with van der Waals surface area (Å²) in [6.07, 6.45) is 1.61. The van der Waals surface area contributed by atoms with Gasteiger partial charge in [0.05, 0.1) is 25.2 Å². The van der Waals surface area contributed by atoms with E-state index in [9.17, 15) is 9.90 Å². The van der Waals surface area contributed by atoms with E-state index in [-0.39, 0.29) is 17.4 Å². The van der Waals surface area contributed by atoms with Gasteiger partial charge in [-0.1, -0.05) is 24.3 Å². The summed E-state index contributed by atoms with van der Waals surface area (Å²) in [5.74, 6) is 0.151. The smallest absolute Gasteiger partial charge is 0.224 e. The Balaban J connectivity index is 1.83. The standard InChI is InChI=1S/C21H32N2O3/c1-15(2)22(3)19-16-7-5-6-8-17(16)21(20(19)25)10-12-23(13-11-21)18(24)9-14-26-4/h5-8,15,19-20,25H,9-14H2,1-4H3/t19-,20+/m1/s1. The topological polar surface area (TPSA) is 53.0 Å². The molecule has 0 radical (unpaired) electrons. The zero-order chi connectivity index (χ0) is 18.9. The molecule has 0 bridgehead atoms. The van der Waals surface area contributed by atoms with Crippen molar-refractivity contribution < 1.29 is 14.6 Å². The van der Waals surface area contributed by atoms with Crippen LogP contribution >= 0.6 is 0 Å². The van der Waals surface area contributed by atoms with Crippen LogP contribution in [-0.4, -0.2) is 66.8 Å². The summed E-state index contributed by atoms with van der Waals surface area (Å²) in [6.45, 7) is 6.19. The van der Waals surface area contributed by atoms with Gasteiger partial charge >= 0.3 is 0 Å². The molecular weight excluding hydrogens is 328 g/mol. The van der Waals surface area contributed by atoms with Gasteiger partial charge in [0.25, 0.3) is 0 Å². The van der Waals surface area contributed by atoms with Gasteiger partial charge in [0.15, 0.2) is 0 Å². The number of ether oxygens (including phenoxy) is 1. The fraction of sp³-hybridized carbons (Fsp3) is 0.667. The molecule has 1 aromatic rings. The maximum absolute atomic E-state index is 12.3. The van der Waals surface area contributed by atoms with Gasteiger partial charge in [-0.3, -0.25) is 9.69 Å². The first-order chi connectivity index (χ1) is 12.4. The van der Waals surface area contributed by atoms with Gasteiger partial charge in [0.1, 0.15) is 0 Å². The Morgan fingerprint density at radius 1 is 1.35 bits per heavy atom. The van der Waals surface area contributed by atoms with E-state index in [1.54, 1.807) is 7.11 Å². The van der Waals surface area contributed by atoms with Gasteiger partial charge in [0.2, 0.25) is 5.91 Å². The van der Waals surface area contributed by atoms with Gasteiger partial charge in [-0.25, -0.2) is 0 Å². The monoisotopic (exact) mass is 360 g/mol. The number of benzene rings is 1. The lowest BCUT2D eigenvalue weighted by Crippen LogP contribution is -2.51. The molecule has 1 saturated heterocycles. The van der Waals surface area contributed by atoms with Crippen LogP contribution in [-0.2, 0) is 14.9 Å². The average molecular weight is 360 g/mol. The predicted octanol–water partition coefficient (Wildman–Crippen LogP) is 2.34. The number of amides is 1. The van der Waals surface area contributed by atoms with Crippen LogP contribution in [0.2, 0.25) is 0 Å². The number of likely N-dealkylation sites (tertiary alicyclic amines) is 1. The fourth-order valence-corrected chi connectivity index (χ4v) is 4.67. The lowest BCUT2D eigenvalue weighted by atomic mass is 9.72. The third-order valence-electron chi connectivity index (χ3n) is 6.46. The number of hydrogen-bond donors (Lipinski definition) is 1. The average Bonchev–Trinajstić information content (AvgIpc) is 2.88. The Kier molecular flexibility index (Phi) is 5.70. The molecule has 1 aromatic carbocycles. The van der Waals surface area contributed by atoms with Crippen LogP contribution < -0.4 is 0 Å². The summed E-state index contributed by atoms with van der Waals surface area (Å²) in [6, 6.07) is 8.84. The third-order valence-corrected chi connectivity index (χ3v) is 6.46. The molecule has 144 valence electrons. The van der Waals surface area contributed by atoms with E-state index >= 15 is 0 Å². The van der Waals surface area contributed by atoms with Crippen LogP contribution in [0.25, 0.3) is 0 Å². The van der Waals surface area contributed by atoms with Gasteiger partial charge < -0.3 is 14.7 Å². The van der Waals surface area contributed by atoms with Crippen molar-refractivity contribution in [1.29, 1.82) is 0 Å². The Bertz CT molecular complexity index is 638. The highest BCUT2D eigenvalue weighted by atomic mass is 16.5. The summed E-state index contributed by atoms with van der Waals surface area (Å²) in [4.78, 5) is 16.5. The number of piperidine rings is 1. The highest BCUT2D eigenvalue weighted by Gasteiger charge is 2.54. The van der Waals surface area contributed by atoms with Crippen molar-refractivity contribution in [2.24, 2.45) is 0 Å². The molecule has 2 atom stereocenters. The zero-order valence-corrected chi connectivity index (χ0v) is 16.4. The SMILES string of the molecule is COCCC(=O)N1CCC2(CC1)c1ccccc1[C@@H](N(C)C(C)C)[C@@H]2O. The minimum absolute atomic E-state index is 0.0157. The summed E-state index contributed by atoms with van der Waals surface area (Å²) in [5.41, 5.74) is 2.27. The second-order valence-corrected chi connectivity index (χ2v) is 8.02. The van der Waals surface area contributed by atoms with E-state index in [0.717, 1.165) is 12.8 Å². The number of likely N-dealkylation sites (N-methyl/N-ethyl adjacent to an activating group) is 1. The minimum atomic E-state index is -0.441. The van der Waals surface area contributed by atoms with Gasteiger partial charge in [0, 0.05) is 31.7 Å². The second kappa shape index (κ2) is 7.67. The van der Waals surface area contributed by atoms with E-state index in [1.807, 2.05) is 4.90 Å². The van der Waals surface area contributed by atoms with Gasteiger partial charge in [-0.2, -0.15) is 0 Å². The lowest BCUT2D eigenvalue weighted by molar-refractivity contribution is -0.134. The van der Waals surface area contributed by atoms with Crippen LogP contribution in [0.4, 0.5) is 0 Å². The maximum Gasteiger partial charge on any atom is 0.224 e. The molecular formula is C21H32N2O3. The number of fused-ring (bicyclic) bond motifs is 2. The van der Waals surface area contributed by atoms with E-state index in [4.69, 9.17) is 4.74 Å². The first-order valence-corrected chi connectivity index (χ1v) is 9.68. The molecule has 1 amide bonds. The van der Waals surface area contributed by atoms with Crippen LogP contribution in [0.15, 0.2) is 24.3 Å². The molecule has 3 rings (SSSR count). The van der Waals surface area contributed by atoms with E-state index in [1.165, 1.54) is 11.1 Å². The lowest BCUT2D eigenvalue weighted by Gasteiger charge is -2.44. The molecule has 1 N–H and O–H groups in total. The van der Waals surface area contributed by atoms with Crippen LogP contribution in [0, 0.1) is 0 Å². The Labute approximate surface area is 156 Å². The molecule has 1 spiro atoms. The Morgan fingerprint density at radius 3 is 2.62 bits per heavy atom. The molecule has 5 nitrogen and oxygen atoms in total. The number of nitrogens with zero attached hydrogens (tertiary/aromatic N) is 2. The molecule has 26 heavy (non-hydrogen) atoms. The molecule has 1 heterocycles. The summed E-state index contributed by atoms with van der Waals surface area (Å²) < 4.78 is 5.03. The number of carbonyl (C=O) groups is 1. The molecule has 1 fully saturated rings. The van der Waals surface area contributed by atoms with Crippen molar-refractivity contribution in [3.63, 3.8) is 0 Å². The van der Waals surface area contributed by atoms with Crippen LogP contribution in [0.1, 0.15) is 50.3 Å². The number of methoxy groups -OCH3 is 1. The van der Waals surface area contributed by atoms with Gasteiger partial charge in [-0.15, -0.1) is 0 Å². The summed E-state index contributed by atoms with van der Waals surface area (Å²) >= 11 is 0. The number of carbonyl (C=O) groups excluding carboxylic acids is 1. The Hall–Kier alpha value is -1.43. The highest BCUT2D eigenvalue weighted by molar-refractivity contribution is 5.76. The fourth-order valence-electron chi connectivity index (χ4n) is 4.67. The van der Waals surface area contributed by atoms with Crippen molar-refractivity contribution >= 4 is 5.91 Å². The second-order valence-electron chi connectivity index (χ2n) is 8.02. The van der Waals surface area contributed by atoms with E-state index in [0.29, 0.717) is 32.2 Å². The first kappa shape index (κ1) is 19.3. The number of rotatable bonds is 5. The molecule has 0 saturated carbocycles. The summed E-state index contributed by atoms with van der Waals surface area (Å²) in [7, 11) is 3.72. The largest absolute Gasteiger partial charge is 0.390 e. The molecule has 2 aliphatic rings. The van der Waals surface area contributed by atoms with Gasteiger partial charge in [-0.05, 0) is 44.9 Å². The maximum atomic E-state index is 12.3. The predicted molar refractivity (Wildman–Crippen MR) is 102 cm³/mol. The zero-order valence-electron chi connectivity index (χ0n) is 16.4. The molecule has 1 aliphatic carbocycles. The molecule has 1 aliphatic heterocycles. The van der Waals surface area contributed by atoms with Crippen molar-refractivity contribution in [3.05, 3.63) is 35.4 Å². The quantitative estimate of drug-likeness (QED) is 0.876. The van der Waals surface area contributed by atoms with Crippen LogP contribution in [0.3, 0.4) is 0 Å². The van der Waals surface area contributed by atoms with Crippen molar-refractivity contribution in [2.45, 2.75) is 56.7 Å². The molecule has 0 unspecified atom stereocenters. The number of aliphatic hydroxyl groups excluding tert-OH is 1. The van der Waals surface area contributed by atoms with E-state index < -0.39 is 6.10 Å². The van der Waals surface area contributed by atoms with Crippen LogP contribution in [0.5, 0.6) is 0 Å². The van der Waals surface area contributed by atoms with E-state index in [2.05, 4.69) is 50.1 Å². The third kappa shape index (κ3) is 3.17.